The number of aryl methyl sites for hydroxylation is 2. The topological polar surface area (TPSA) is 114 Å². The average Bonchev–Trinajstić information content (AvgIpc) is 3.17. The molecule has 172 valence electrons. The van der Waals surface area contributed by atoms with Gasteiger partial charge in [0.05, 0.1) is 12.2 Å². The molecule has 2 heterocycles. The number of carbonyl (C=O) groups is 2. The Morgan fingerprint density at radius 2 is 1.94 bits per heavy atom. The summed E-state index contributed by atoms with van der Waals surface area (Å²) in [4.78, 5) is 24.3. The van der Waals surface area contributed by atoms with Crippen molar-refractivity contribution in [2.24, 2.45) is 5.73 Å². The van der Waals surface area contributed by atoms with Gasteiger partial charge in [-0.25, -0.2) is 0 Å². The predicted molar refractivity (Wildman–Crippen MR) is 135 cm³/mol. The second kappa shape index (κ2) is 12.3. The minimum atomic E-state index is -0.279. The van der Waals surface area contributed by atoms with Crippen molar-refractivity contribution in [3.8, 4) is 10.6 Å². The third-order valence-corrected chi connectivity index (χ3v) is 6.31. The summed E-state index contributed by atoms with van der Waals surface area (Å²) >= 11 is 7.09. The predicted octanol–water partition coefficient (Wildman–Crippen LogP) is 4.31. The van der Waals surface area contributed by atoms with Crippen LogP contribution in [0.15, 0.2) is 36.4 Å². The molecule has 0 atom stereocenters. The van der Waals surface area contributed by atoms with E-state index in [0.717, 1.165) is 48.1 Å². The van der Waals surface area contributed by atoms with Crippen molar-refractivity contribution in [3.63, 3.8) is 0 Å². The Hall–Kier alpha value is -3.01. The van der Waals surface area contributed by atoms with Gasteiger partial charge >= 0.3 is 0 Å². The first kappa shape index (κ1) is 24.6. The number of H-pyrrole nitrogens is 1. The van der Waals surface area contributed by atoms with E-state index in [-0.39, 0.29) is 12.5 Å². The van der Waals surface area contributed by atoms with E-state index in [1.54, 1.807) is 0 Å². The summed E-state index contributed by atoms with van der Waals surface area (Å²) in [6.45, 7) is 1.34. The lowest BCUT2D eigenvalue weighted by Crippen LogP contribution is -2.29. The number of nitrogens with zero attached hydrogens (tertiary/aromatic N) is 2. The molecule has 33 heavy (non-hydrogen) atoms. The summed E-state index contributed by atoms with van der Waals surface area (Å²) in [5.74, 6) is -0.279. The average molecular weight is 482 g/mol. The number of aromatic nitrogens is 3. The molecular formula is C24H27N5O2S2. The van der Waals surface area contributed by atoms with Crippen LogP contribution in [-0.4, -0.2) is 33.9 Å². The number of aromatic amines is 1. The molecule has 3 aromatic rings. The van der Waals surface area contributed by atoms with Crippen LogP contribution in [0.4, 0.5) is 0 Å². The van der Waals surface area contributed by atoms with E-state index in [1.807, 2.05) is 36.4 Å². The fourth-order valence-electron chi connectivity index (χ4n) is 3.55. The lowest BCUT2D eigenvalue weighted by Gasteiger charge is -2.13. The molecule has 7 nitrogen and oxygen atoms in total. The molecule has 0 saturated carbocycles. The molecule has 0 aliphatic heterocycles. The second-order valence-electron chi connectivity index (χ2n) is 7.43. The number of benzene rings is 1. The molecule has 0 spiro atoms. The molecule has 0 bridgehead atoms. The van der Waals surface area contributed by atoms with Crippen molar-refractivity contribution in [2.75, 3.05) is 6.54 Å². The van der Waals surface area contributed by atoms with Crippen LogP contribution < -0.4 is 11.1 Å². The highest BCUT2D eigenvalue weighted by atomic mass is 32.1. The van der Waals surface area contributed by atoms with E-state index >= 15 is 0 Å². The van der Waals surface area contributed by atoms with Crippen LogP contribution in [0.25, 0.3) is 22.3 Å². The van der Waals surface area contributed by atoms with Crippen LogP contribution in [0, 0.1) is 4.64 Å². The fraction of sp³-hybridized carbons (Fsp3) is 0.292. The standard InChI is InChI=1S/C22H23N5OS2.C2H4O/c23-13-19(28)24-18(12-20-26-27-22(30-20)14-7-3-1-4-8-14)16-11-15-9-5-2-6-10-17(15)25-21(16)29;1-2-3/h1,3-4,7-8,11-12H,2,5-6,9-10,13,23H2,(H,24,28)(H,25,29);2H,1H3/b18-12-;. The zero-order valence-electron chi connectivity index (χ0n) is 18.5. The smallest absolute Gasteiger partial charge is 0.238 e. The van der Waals surface area contributed by atoms with Crippen molar-refractivity contribution in [2.45, 2.75) is 39.0 Å². The maximum Gasteiger partial charge on any atom is 0.238 e. The first-order valence-corrected chi connectivity index (χ1v) is 12.0. The summed E-state index contributed by atoms with van der Waals surface area (Å²) in [5, 5.41) is 13.0. The molecule has 0 fully saturated rings. The number of rotatable bonds is 5. The normalized spacial score (nSPS) is 13.2. The Balaban J connectivity index is 0.000000968. The maximum absolute atomic E-state index is 12.1. The number of nitrogens with one attached hydrogen (secondary N) is 2. The van der Waals surface area contributed by atoms with E-state index < -0.39 is 0 Å². The number of aldehydes is 1. The van der Waals surface area contributed by atoms with Gasteiger partial charge < -0.3 is 20.8 Å². The van der Waals surface area contributed by atoms with E-state index in [0.29, 0.717) is 15.3 Å². The van der Waals surface area contributed by atoms with Gasteiger partial charge in [0, 0.05) is 22.9 Å². The number of amides is 1. The highest BCUT2D eigenvalue weighted by Crippen LogP contribution is 2.27. The van der Waals surface area contributed by atoms with Crippen LogP contribution in [-0.2, 0) is 22.4 Å². The van der Waals surface area contributed by atoms with Gasteiger partial charge in [-0.1, -0.05) is 60.3 Å². The quantitative estimate of drug-likeness (QED) is 0.284. The monoisotopic (exact) mass is 481 g/mol. The highest BCUT2D eigenvalue weighted by molar-refractivity contribution is 7.71. The van der Waals surface area contributed by atoms with Gasteiger partial charge in [0.2, 0.25) is 5.91 Å². The van der Waals surface area contributed by atoms with Gasteiger partial charge in [-0.2, -0.15) is 0 Å². The van der Waals surface area contributed by atoms with Crippen LogP contribution in [0.3, 0.4) is 0 Å². The highest BCUT2D eigenvalue weighted by Gasteiger charge is 2.15. The second-order valence-corrected chi connectivity index (χ2v) is 8.85. The van der Waals surface area contributed by atoms with E-state index in [9.17, 15) is 4.79 Å². The fourth-order valence-corrected chi connectivity index (χ4v) is 4.63. The molecule has 1 aliphatic rings. The SMILES string of the molecule is CC=O.NCC(=O)N/C(=C\c1nnc(-c2ccccc2)s1)c1cc2c([nH]c1=S)CCCCC2. The minimum Gasteiger partial charge on any atom is -0.349 e. The third kappa shape index (κ3) is 6.74. The molecule has 0 unspecified atom stereocenters. The molecule has 4 N–H and O–H groups in total. The zero-order valence-corrected chi connectivity index (χ0v) is 20.1. The summed E-state index contributed by atoms with van der Waals surface area (Å²) in [6.07, 6.45) is 8.11. The van der Waals surface area contributed by atoms with Crippen molar-refractivity contribution >= 4 is 47.5 Å². The van der Waals surface area contributed by atoms with Crippen LogP contribution in [0.1, 0.15) is 48.0 Å². The molecule has 1 amide bonds. The number of pyridine rings is 1. The van der Waals surface area contributed by atoms with Crippen molar-refractivity contribution in [3.05, 3.63) is 62.9 Å². The van der Waals surface area contributed by atoms with Gasteiger partial charge in [0.1, 0.15) is 20.9 Å². The van der Waals surface area contributed by atoms with Crippen LogP contribution in [0.2, 0.25) is 0 Å². The Labute approximate surface area is 202 Å². The summed E-state index contributed by atoms with van der Waals surface area (Å²) in [7, 11) is 0. The van der Waals surface area contributed by atoms with E-state index in [4.69, 9.17) is 22.7 Å². The number of hydrogen-bond acceptors (Lipinski definition) is 7. The largest absolute Gasteiger partial charge is 0.349 e. The molecule has 1 aliphatic carbocycles. The van der Waals surface area contributed by atoms with Crippen LogP contribution in [0.5, 0.6) is 0 Å². The summed E-state index contributed by atoms with van der Waals surface area (Å²) in [5.41, 5.74) is 10.4. The minimum absolute atomic E-state index is 0.107. The lowest BCUT2D eigenvalue weighted by atomic mass is 10.0. The van der Waals surface area contributed by atoms with E-state index in [2.05, 4.69) is 26.6 Å². The number of nitrogens with two attached hydrogens (primary N) is 1. The van der Waals surface area contributed by atoms with Gasteiger partial charge in [-0.05, 0) is 44.2 Å². The Morgan fingerprint density at radius 3 is 2.67 bits per heavy atom. The first-order chi connectivity index (χ1) is 16.0. The molecule has 0 saturated heterocycles. The van der Waals surface area contributed by atoms with Crippen molar-refractivity contribution < 1.29 is 9.59 Å². The molecule has 2 aromatic heterocycles. The van der Waals surface area contributed by atoms with Gasteiger partial charge in [-0.3, -0.25) is 4.79 Å². The van der Waals surface area contributed by atoms with Gasteiger partial charge in [0.25, 0.3) is 0 Å². The van der Waals surface area contributed by atoms with Crippen molar-refractivity contribution in [1.29, 1.82) is 0 Å². The molecule has 9 heteroatoms. The molecule has 1 aromatic carbocycles. The summed E-state index contributed by atoms with van der Waals surface area (Å²) in [6, 6.07) is 12.0. The molecular weight excluding hydrogens is 454 g/mol. The van der Waals surface area contributed by atoms with Crippen LogP contribution >= 0.6 is 23.6 Å². The first-order valence-electron chi connectivity index (χ1n) is 10.8. The number of carbonyl (C=O) groups excluding carboxylic acids is 2. The Morgan fingerprint density at radius 1 is 1.21 bits per heavy atom. The number of fused-ring (bicyclic) bond motifs is 1. The third-order valence-electron chi connectivity index (χ3n) is 5.07. The maximum atomic E-state index is 12.1. The Kier molecular flexibility index (Phi) is 9.17. The Bertz CT molecular complexity index is 1190. The van der Waals surface area contributed by atoms with Gasteiger partial charge in [0.15, 0.2) is 0 Å². The number of hydrogen-bond donors (Lipinski definition) is 3. The van der Waals surface area contributed by atoms with E-state index in [1.165, 1.54) is 35.9 Å². The lowest BCUT2D eigenvalue weighted by molar-refractivity contribution is -0.118. The zero-order chi connectivity index (χ0) is 23.6. The van der Waals surface area contributed by atoms with Crippen molar-refractivity contribution in [1.82, 2.24) is 20.5 Å². The summed E-state index contributed by atoms with van der Waals surface area (Å²) < 4.78 is 0.604. The molecule has 4 rings (SSSR count). The molecule has 0 radical (unpaired) electrons. The van der Waals surface area contributed by atoms with Gasteiger partial charge in [-0.15, -0.1) is 10.2 Å².